The summed E-state index contributed by atoms with van der Waals surface area (Å²) in [6.45, 7) is 2.11. The van der Waals surface area contributed by atoms with E-state index in [9.17, 15) is 9.90 Å². The summed E-state index contributed by atoms with van der Waals surface area (Å²) in [5, 5.41) is 12.3. The molecule has 0 fully saturated rings. The van der Waals surface area contributed by atoms with Crippen LogP contribution in [0.3, 0.4) is 0 Å². The number of imidazole rings is 1. The van der Waals surface area contributed by atoms with E-state index in [1.54, 1.807) is 17.7 Å². The van der Waals surface area contributed by atoms with Gasteiger partial charge in [-0.3, -0.25) is 4.79 Å². The third kappa shape index (κ3) is 4.23. The lowest BCUT2D eigenvalue weighted by molar-refractivity contribution is 0.0993. The molecule has 0 spiro atoms. The van der Waals surface area contributed by atoms with Crippen LogP contribution in [0, 0.1) is 0 Å². The maximum atomic E-state index is 11.2. The largest absolute Gasteiger partial charge is 0.493 e. The predicted molar refractivity (Wildman–Crippen MR) is 103 cm³/mol. The summed E-state index contributed by atoms with van der Waals surface area (Å²) >= 11 is 3.47. The van der Waals surface area contributed by atoms with Crippen LogP contribution in [0.5, 0.6) is 5.75 Å². The molecule has 1 amide bonds. The molecule has 2 atom stereocenters. The molecule has 0 bridgehead atoms. The average molecular weight is 418 g/mol. The molecule has 1 aromatic heterocycles. The van der Waals surface area contributed by atoms with Crippen LogP contribution < -0.4 is 10.5 Å². The van der Waals surface area contributed by atoms with Gasteiger partial charge < -0.3 is 20.1 Å². The van der Waals surface area contributed by atoms with E-state index in [-0.39, 0.29) is 11.7 Å². The number of fused-ring (bicyclic) bond motifs is 1. The molecule has 0 unspecified atom stereocenters. The molecular weight excluding hydrogens is 398 g/mol. The molecule has 6 nitrogen and oxygen atoms in total. The van der Waals surface area contributed by atoms with E-state index in [4.69, 9.17) is 10.5 Å². The normalized spacial score (nSPS) is 13.5. The number of aliphatic hydroxyl groups excluding tert-OH is 1. The zero-order chi connectivity index (χ0) is 18.7. The van der Waals surface area contributed by atoms with Crippen molar-refractivity contribution in [1.29, 1.82) is 0 Å². The summed E-state index contributed by atoms with van der Waals surface area (Å²) in [6.07, 6.45) is 2.99. The number of nitrogens with zero attached hydrogens (tertiary/aromatic N) is 2. The van der Waals surface area contributed by atoms with Gasteiger partial charge in [0.05, 0.1) is 25.1 Å². The van der Waals surface area contributed by atoms with Gasteiger partial charge in [-0.1, -0.05) is 28.1 Å². The quantitative estimate of drug-likeness (QED) is 0.616. The van der Waals surface area contributed by atoms with Gasteiger partial charge in [0, 0.05) is 17.1 Å². The fourth-order valence-corrected chi connectivity index (χ4v) is 3.25. The Bertz CT molecular complexity index is 923. The Balaban J connectivity index is 1.67. The number of hydrogen-bond donors (Lipinski definition) is 2. The lowest BCUT2D eigenvalue weighted by atomic mass is 10.1. The zero-order valence-corrected chi connectivity index (χ0v) is 15.9. The van der Waals surface area contributed by atoms with Crippen LogP contribution >= 0.6 is 15.9 Å². The Morgan fingerprint density at radius 3 is 2.77 bits per heavy atom. The van der Waals surface area contributed by atoms with Crippen LogP contribution in [0.1, 0.15) is 29.9 Å². The first-order valence-corrected chi connectivity index (χ1v) is 9.07. The molecule has 3 aromatic rings. The summed E-state index contributed by atoms with van der Waals surface area (Å²) in [6, 6.07) is 11.8. The van der Waals surface area contributed by atoms with Crippen molar-refractivity contribution < 1.29 is 14.6 Å². The number of ether oxygens (including phenoxy) is 1. The molecule has 2 aromatic carbocycles. The number of aromatic nitrogens is 2. The Kier molecular flexibility index (Phi) is 5.58. The number of amides is 1. The molecule has 0 radical (unpaired) electrons. The highest BCUT2D eigenvalue weighted by Gasteiger charge is 2.18. The van der Waals surface area contributed by atoms with E-state index in [0.717, 1.165) is 21.0 Å². The minimum absolute atomic E-state index is 0.177. The van der Waals surface area contributed by atoms with E-state index in [0.29, 0.717) is 13.0 Å². The van der Waals surface area contributed by atoms with Gasteiger partial charge in [-0.05, 0) is 42.0 Å². The molecule has 0 saturated heterocycles. The molecule has 136 valence electrons. The third-order valence-corrected chi connectivity index (χ3v) is 4.74. The number of carbonyl (C=O) groups is 1. The van der Waals surface area contributed by atoms with Gasteiger partial charge in [-0.15, -0.1) is 0 Å². The molecular formula is C19H20BrN3O3. The van der Waals surface area contributed by atoms with E-state index < -0.39 is 12.0 Å². The lowest BCUT2D eigenvalue weighted by Gasteiger charge is -2.21. The maximum Gasteiger partial charge on any atom is 0.268 e. The van der Waals surface area contributed by atoms with Gasteiger partial charge >= 0.3 is 0 Å². The van der Waals surface area contributed by atoms with E-state index >= 15 is 0 Å². The maximum absolute atomic E-state index is 11.2. The first-order valence-electron chi connectivity index (χ1n) is 8.27. The number of primary amides is 1. The molecule has 0 saturated carbocycles. The summed E-state index contributed by atoms with van der Waals surface area (Å²) in [7, 11) is 0. The van der Waals surface area contributed by atoms with Crippen LogP contribution in [-0.2, 0) is 0 Å². The number of benzene rings is 2. The number of nitrogens with two attached hydrogens (primary N) is 1. The highest BCUT2D eigenvalue weighted by molar-refractivity contribution is 9.10. The van der Waals surface area contributed by atoms with Gasteiger partial charge in [0.25, 0.3) is 5.91 Å². The van der Waals surface area contributed by atoms with Gasteiger partial charge in [0.15, 0.2) is 0 Å². The molecule has 0 aliphatic rings. The second kappa shape index (κ2) is 7.88. The van der Waals surface area contributed by atoms with Crippen LogP contribution in [0.15, 0.2) is 53.4 Å². The smallest absolute Gasteiger partial charge is 0.268 e. The Labute approximate surface area is 159 Å². The van der Waals surface area contributed by atoms with Crippen molar-refractivity contribution in [3.05, 3.63) is 59.1 Å². The summed E-state index contributed by atoms with van der Waals surface area (Å²) < 4.78 is 8.57. The average Bonchev–Trinajstić information content (AvgIpc) is 3.08. The molecule has 0 aliphatic heterocycles. The molecule has 1 heterocycles. The predicted octanol–water partition coefficient (Wildman–Crippen LogP) is 3.29. The SMILES string of the molecule is C[C@H](O)[C@@H](CCOc1ccc2ccc(Br)cc2c1)n1cnc(C(N)=O)c1. The van der Waals surface area contributed by atoms with Crippen molar-refractivity contribution in [2.24, 2.45) is 5.73 Å². The van der Waals surface area contributed by atoms with Gasteiger partial charge in [-0.25, -0.2) is 4.98 Å². The van der Waals surface area contributed by atoms with Gasteiger partial charge in [0.2, 0.25) is 0 Å². The number of rotatable bonds is 7. The number of aliphatic hydroxyl groups is 1. The lowest BCUT2D eigenvalue weighted by Crippen LogP contribution is -2.23. The first-order chi connectivity index (χ1) is 12.4. The molecule has 7 heteroatoms. The highest BCUT2D eigenvalue weighted by atomic mass is 79.9. The summed E-state index contributed by atoms with van der Waals surface area (Å²) in [5.74, 6) is 0.176. The zero-order valence-electron chi connectivity index (χ0n) is 14.3. The van der Waals surface area contributed by atoms with Crippen molar-refractivity contribution in [2.45, 2.75) is 25.5 Å². The number of carbonyl (C=O) groups excluding carboxylic acids is 1. The van der Waals surface area contributed by atoms with E-state index in [2.05, 4.69) is 20.9 Å². The second-order valence-corrected chi connectivity index (χ2v) is 7.08. The Morgan fingerprint density at radius 1 is 1.31 bits per heavy atom. The van der Waals surface area contributed by atoms with Crippen molar-refractivity contribution >= 4 is 32.6 Å². The molecule has 3 rings (SSSR count). The monoisotopic (exact) mass is 417 g/mol. The Hall–Kier alpha value is -2.38. The van der Waals surface area contributed by atoms with Crippen molar-refractivity contribution in [3.63, 3.8) is 0 Å². The van der Waals surface area contributed by atoms with Crippen LogP contribution in [0.4, 0.5) is 0 Å². The van der Waals surface area contributed by atoms with Crippen molar-refractivity contribution in [2.75, 3.05) is 6.61 Å². The van der Waals surface area contributed by atoms with Crippen LogP contribution in [0.2, 0.25) is 0 Å². The van der Waals surface area contributed by atoms with Crippen molar-refractivity contribution in [3.8, 4) is 5.75 Å². The fourth-order valence-electron chi connectivity index (χ4n) is 2.87. The minimum Gasteiger partial charge on any atom is -0.493 e. The first kappa shape index (κ1) is 18.4. The van der Waals surface area contributed by atoms with Gasteiger partial charge in [0.1, 0.15) is 11.4 Å². The minimum atomic E-state index is -0.624. The third-order valence-electron chi connectivity index (χ3n) is 4.25. The molecule has 26 heavy (non-hydrogen) atoms. The summed E-state index contributed by atoms with van der Waals surface area (Å²) in [5.41, 5.74) is 5.41. The summed E-state index contributed by atoms with van der Waals surface area (Å²) in [4.78, 5) is 15.2. The number of halogens is 1. The van der Waals surface area contributed by atoms with Gasteiger partial charge in [-0.2, -0.15) is 0 Å². The standard InChI is InChI=1S/C19H20BrN3O3/c1-12(24)18(23-10-17(19(21)25)22-11-23)6-7-26-16-5-3-13-2-4-15(20)8-14(13)9-16/h2-5,8-12,18,24H,6-7H2,1H3,(H2,21,25)/t12-,18+/m0/s1. The molecule has 3 N–H and O–H groups in total. The van der Waals surface area contributed by atoms with E-state index in [1.165, 1.54) is 6.33 Å². The van der Waals surface area contributed by atoms with Crippen LogP contribution in [-0.4, -0.2) is 33.3 Å². The van der Waals surface area contributed by atoms with Crippen molar-refractivity contribution in [1.82, 2.24) is 9.55 Å². The van der Waals surface area contributed by atoms with Crippen LogP contribution in [0.25, 0.3) is 10.8 Å². The second-order valence-electron chi connectivity index (χ2n) is 6.17. The highest BCUT2D eigenvalue weighted by Crippen LogP contribution is 2.25. The Morgan fingerprint density at radius 2 is 2.08 bits per heavy atom. The fraction of sp³-hybridized carbons (Fsp3) is 0.263. The topological polar surface area (TPSA) is 90.4 Å². The molecule has 0 aliphatic carbocycles. The number of hydrogen-bond acceptors (Lipinski definition) is 4. The van der Waals surface area contributed by atoms with E-state index in [1.807, 2.05) is 36.4 Å².